The van der Waals surface area contributed by atoms with Gasteiger partial charge in [0.1, 0.15) is 5.75 Å². The van der Waals surface area contributed by atoms with E-state index in [9.17, 15) is 4.79 Å². The van der Waals surface area contributed by atoms with Gasteiger partial charge in [0.05, 0.1) is 13.7 Å². The zero-order valence-electron chi connectivity index (χ0n) is 15.2. The number of nitrogens with zero attached hydrogens (tertiary/aromatic N) is 2. The van der Waals surface area contributed by atoms with Crippen LogP contribution in [0.3, 0.4) is 0 Å². The second-order valence-electron chi connectivity index (χ2n) is 6.47. The highest BCUT2D eigenvalue weighted by atomic mass is 35.5. The Labute approximate surface area is 159 Å². The van der Waals surface area contributed by atoms with Crippen molar-refractivity contribution in [2.24, 2.45) is 0 Å². The van der Waals surface area contributed by atoms with Crippen molar-refractivity contribution in [3.05, 3.63) is 53.1 Å². The van der Waals surface area contributed by atoms with Crippen molar-refractivity contribution in [3.8, 4) is 5.75 Å². The van der Waals surface area contributed by atoms with Gasteiger partial charge in [0, 0.05) is 48.6 Å². The first-order chi connectivity index (χ1) is 12.5. The number of ether oxygens (including phenoxy) is 1. The summed E-state index contributed by atoms with van der Waals surface area (Å²) in [5.41, 5.74) is 2.94. The van der Waals surface area contributed by atoms with Gasteiger partial charge in [0.25, 0.3) is 0 Å². The number of carbonyl (C=O) groups is 1. The van der Waals surface area contributed by atoms with Gasteiger partial charge in [-0.25, -0.2) is 0 Å². The molecule has 0 unspecified atom stereocenters. The predicted octanol–water partition coefficient (Wildman–Crippen LogP) is 3.42. The second kappa shape index (κ2) is 8.43. The third-order valence-electron chi connectivity index (χ3n) is 4.63. The van der Waals surface area contributed by atoms with E-state index in [1.807, 2.05) is 37.3 Å². The number of halogens is 1. The third-order valence-corrected chi connectivity index (χ3v) is 4.87. The average molecular weight is 374 g/mol. The summed E-state index contributed by atoms with van der Waals surface area (Å²) in [4.78, 5) is 16.8. The molecule has 6 heteroatoms. The first kappa shape index (κ1) is 18.5. The van der Waals surface area contributed by atoms with Gasteiger partial charge in [-0.3, -0.25) is 9.69 Å². The van der Waals surface area contributed by atoms with Crippen LogP contribution < -0.4 is 15.0 Å². The fourth-order valence-electron chi connectivity index (χ4n) is 3.09. The number of anilines is 2. The maximum absolute atomic E-state index is 12.4. The molecule has 0 aliphatic carbocycles. The van der Waals surface area contributed by atoms with E-state index < -0.39 is 0 Å². The van der Waals surface area contributed by atoms with Gasteiger partial charge in [0.2, 0.25) is 5.91 Å². The number of methoxy groups -OCH3 is 1. The van der Waals surface area contributed by atoms with E-state index in [-0.39, 0.29) is 5.91 Å². The minimum Gasteiger partial charge on any atom is -0.497 e. The Morgan fingerprint density at radius 1 is 1.15 bits per heavy atom. The van der Waals surface area contributed by atoms with Crippen molar-refractivity contribution in [1.29, 1.82) is 0 Å². The number of benzene rings is 2. The molecule has 0 saturated carbocycles. The van der Waals surface area contributed by atoms with E-state index >= 15 is 0 Å². The Bertz CT molecular complexity index is 773. The lowest BCUT2D eigenvalue weighted by atomic mass is 10.2. The third kappa shape index (κ3) is 4.68. The van der Waals surface area contributed by atoms with Gasteiger partial charge < -0.3 is 15.0 Å². The summed E-state index contributed by atoms with van der Waals surface area (Å²) in [7, 11) is 1.68. The van der Waals surface area contributed by atoms with Crippen LogP contribution in [0.4, 0.5) is 11.4 Å². The fraction of sp³-hybridized carbons (Fsp3) is 0.350. The van der Waals surface area contributed by atoms with Gasteiger partial charge in [0.15, 0.2) is 0 Å². The van der Waals surface area contributed by atoms with Crippen LogP contribution in [0.25, 0.3) is 0 Å². The van der Waals surface area contributed by atoms with Crippen LogP contribution in [0.2, 0.25) is 5.02 Å². The number of hydrogen-bond donors (Lipinski definition) is 1. The molecular weight excluding hydrogens is 350 g/mol. The van der Waals surface area contributed by atoms with Crippen molar-refractivity contribution >= 4 is 28.9 Å². The normalized spacial score (nSPS) is 15.0. The van der Waals surface area contributed by atoms with Crippen LogP contribution in [0, 0.1) is 6.92 Å². The number of amides is 1. The van der Waals surface area contributed by atoms with Crippen LogP contribution in [0.5, 0.6) is 5.75 Å². The molecule has 0 radical (unpaired) electrons. The Balaban J connectivity index is 1.52. The quantitative estimate of drug-likeness (QED) is 0.872. The molecular formula is C20H24ClN3O2. The predicted molar refractivity (Wildman–Crippen MR) is 106 cm³/mol. The summed E-state index contributed by atoms with van der Waals surface area (Å²) in [6.45, 7) is 5.81. The standard InChI is InChI=1S/C20H24ClN3O2/c1-15-6-7-16(21)12-19(15)22-20(25)14-23-8-10-24(11-9-23)17-4-3-5-18(13-17)26-2/h3-7,12-13H,8-11,14H2,1-2H3,(H,22,25). The molecule has 1 amide bonds. The minimum absolute atomic E-state index is 0.00908. The largest absolute Gasteiger partial charge is 0.497 e. The fourth-order valence-corrected chi connectivity index (χ4v) is 3.27. The number of aryl methyl sites for hydroxylation is 1. The molecule has 0 atom stereocenters. The monoisotopic (exact) mass is 373 g/mol. The van der Waals surface area contributed by atoms with Crippen LogP contribution in [-0.2, 0) is 4.79 Å². The molecule has 26 heavy (non-hydrogen) atoms. The van der Waals surface area contributed by atoms with E-state index in [2.05, 4.69) is 21.2 Å². The summed E-state index contributed by atoms with van der Waals surface area (Å²) in [6, 6.07) is 13.6. The molecule has 1 heterocycles. The van der Waals surface area contributed by atoms with Crippen LogP contribution in [0.15, 0.2) is 42.5 Å². The molecule has 1 saturated heterocycles. The van der Waals surface area contributed by atoms with Gasteiger partial charge in [-0.15, -0.1) is 0 Å². The number of hydrogen-bond acceptors (Lipinski definition) is 4. The van der Waals surface area contributed by atoms with Gasteiger partial charge in [-0.1, -0.05) is 23.7 Å². The Hall–Kier alpha value is -2.24. The molecule has 138 valence electrons. The highest BCUT2D eigenvalue weighted by Crippen LogP contribution is 2.22. The van der Waals surface area contributed by atoms with Gasteiger partial charge in [-0.05, 0) is 36.8 Å². The first-order valence-electron chi connectivity index (χ1n) is 8.72. The van der Waals surface area contributed by atoms with Crippen LogP contribution in [-0.4, -0.2) is 50.6 Å². The van der Waals surface area contributed by atoms with Crippen molar-refractivity contribution in [1.82, 2.24) is 4.90 Å². The lowest BCUT2D eigenvalue weighted by Gasteiger charge is -2.35. The molecule has 1 aliphatic rings. The van der Waals surface area contributed by atoms with Gasteiger partial charge >= 0.3 is 0 Å². The minimum atomic E-state index is -0.00908. The Kier molecular flexibility index (Phi) is 6.01. The first-order valence-corrected chi connectivity index (χ1v) is 9.10. The molecule has 2 aromatic rings. The maximum Gasteiger partial charge on any atom is 0.238 e. The zero-order valence-corrected chi connectivity index (χ0v) is 15.9. The van der Waals surface area contributed by atoms with Crippen LogP contribution >= 0.6 is 11.6 Å². The summed E-state index contributed by atoms with van der Waals surface area (Å²) in [5, 5.41) is 3.58. The number of rotatable bonds is 5. The number of piperazine rings is 1. The summed E-state index contributed by atoms with van der Waals surface area (Å²) < 4.78 is 5.29. The molecule has 0 bridgehead atoms. The van der Waals surface area contributed by atoms with E-state index in [4.69, 9.17) is 16.3 Å². The zero-order chi connectivity index (χ0) is 18.5. The van der Waals surface area contributed by atoms with Crippen molar-refractivity contribution in [3.63, 3.8) is 0 Å². The summed E-state index contributed by atoms with van der Waals surface area (Å²) in [6.07, 6.45) is 0. The smallest absolute Gasteiger partial charge is 0.238 e. The highest BCUT2D eigenvalue weighted by Gasteiger charge is 2.19. The summed E-state index contributed by atoms with van der Waals surface area (Å²) in [5.74, 6) is 0.853. The highest BCUT2D eigenvalue weighted by molar-refractivity contribution is 6.31. The number of carbonyl (C=O) groups excluding carboxylic acids is 1. The number of nitrogens with one attached hydrogen (secondary N) is 1. The maximum atomic E-state index is 12.4. The lowest BCUT2D eigenvalue weighted by Crippen LogP contribution is -2.48. The van der Waals surface area contributed by atoms with Crippen molar-refractivity contribution in [2.45, 2.75) is 6.92 Å². The van der Waals surface area contributed by atoms with E-state index in [0.717, 1.165) is 48.9 Å². The van der Waals surface area contributed by atoms with E-state index in [0.29, 0.717) is 11.6 Å². The Morgan fingerprint density at radius 3 is 2.65 bits per heavy atom. The Morgan fingerprint density at radius 2 is 1.92 bits per heavy atom. The van der Waals surface area contributed by atoms with Crippen LogP contribution in [0.1, 0.15) is 5.56 Å². The van der Waals surface area contributed by atoms with Crippen molar-refractivity contribution < 1.29 is 9.53 Å². The molecule has 3 rings (SSSR count). The van der Waals surface area contributed by atoms with Crippen molar-refractivity contribution in [2.75, 3.05) is 50.1 Å². The molecule has 0 spiro atoms. The lowest BCUT2D eigenvalue weighted by molar-refractivity contribution is -0.117. The van der Waals surface area contributed by atoms with Gasteiger partial charge in [-0.2, -0.15) is 0 Å². The molecule has 5 nitrogen and oxygen atoms in total. The summed E-state index contributed by atoms with van der Waals surface area (Å²) >= 11 is 6.01. The molecule has 2 aromatic carbocycles. The molecule has 1 N–H and O–H groups in total. The molecule has 0 aromatic heterocycles. The topological polar surface area (TPSA) is 44.8 Å². The molecule has 1 aliphatic heterocycles. The average Bonchev–Trinajstić information content (AvgIpc) is 2.65. The van der Waals surface area contributed by atoms with E-state index in [1.165, 1.54) is 0 Å². The molecule has 1 fully saturated rings. The van der Waals surface area contributed by atoms with E-state index in [1.54, 1.807) is 13.2 Å². The SMILES string of the molecule is COc1cccc(N2CCN(CC(=O)Nc3cc(Cl)ccc3C)CC2)c1. The second-order valence-corrected chi connectivity index (χ2v) is 6.91.